The number of hydrogen-bond donors (Lipinski definition) is 4. The van der Waals surface area contributed by atoms with E-state index in [4.69, 9.17) is 9.59 Å². The molecule has 0 saturated carbocycles. The number of carboxylic acids is 1. The first-order valence-corrected chi connectivity index (χ1v) is 6.39. The van der Waals surface area contributed by atoms with E-state index >= 15 is 0 Å². The van der Waals surface area contributed by atoms with Gasteiger partial charge in [0.25, 0.3) is 0 Å². The molecule has 1 aromatic carbocycles. The number of nitrogens with one attached hydrogen (secondary N) is 1. The molecule has 0 bridgehead atoms. The fourth-order valence-corrected chi connectivity index (χ4v) is 2.24. The number of primary amides is 2. The van der Waals surface area contributed by atoms with Crippen molar-refractivity contribution in [1.82, 2.24) is 5.32 Å². The molecule has 2 rings (SSSR count). The van der Waals surface area contributed by atoms with Crippen LogP contribution in [0.3, 0.4) is 0 Å². The molecule has 6 N–H and O–H groups in total. The predicted molar refractivity (Wildman–Crippen MR) is 78.4 cm³/mol. The van der Waals surface area contributed by atoms with Gasteiger partial charge in [-0.25, -0.2) is 0 Å². The minimum Gasteiger partial charge on any atom is -0.481 e. The Balaban J connectivity index is 0.000000578. The highest BCUT2D eigenvalue weighted by atomic mass is 16.4. The minimum absolute atomic E-state index is 0.250. The molecule has 2 amide bonds. The van der Waals surface area contributed by atoms with Crippen molar-refractivity contribution in [2.45, 2.75) is 18.3 Å². The van der Waals surface area contributed by atoms with Crippen molar-refractivity contribution in [2.75, 3.05) is 13.1 Å². The van der Waals surface area contributed by atoms with Crippen molar-refractivity contribution in [3.8, 4) is 0 Å². The van der Waals surface area contributed by atoms with Crippen LogP contribution in [0.2, 0.25) is 0 Å². The number of amides is 2. The van der Waals surface area contributed by atoms with Crippen LogP contribution in [0, 0.1) is 0 Å². The van der Waals surface area contributed by atoms with Crippen LogP contribution in [0.1, 0.15) is 18.4 Å². The van der Waals surface area contributed by atoms with Gasteiger partial charge in [-0.3, -0.25) is 14.4 Å². The Morgan fingerprint density at radius 1 is 1.10 bits per heavy atom. The van der Waals surface area contributed by atoms with Crippen molar-refractivity contribution in [3.63, 3.8) is 0 Å². The van der Waals surface area contributed by atoms with Crippen molar-refractivity contribution in [3.05, 3.63) is 35.9 Å². The molecule has 0 aliphatic carbocycles. The van der Waals surface area contributed by atoms with Crippen LogP contribution < -0.4 is 16.8 Å². The fraction of sp³-hybridized carbons (Fsp3) is 0.357. The van der Waals surface area contributed by atoms with Gasteiger partial charge in [0.2, 0.25) is 12.8 Å². The highest BCUT2D eigenvalue weighted by Crippen LogP contribution is 2.33. The lowest BCUT2D eigenvalue weighted by molar-refractivity contribution is -0.145. The third kappa shape index (κ3) is 5.62. The standard InChI is InChI=1S/C12H15NO2.2CH3NO/c14-11(15)12(6-8-13-9-7-12)10-4-2-1-3-5-10;2*2-1-3/h1-5,13H,6-9H2,(H,14,15);2*1H,(H2,2,3). The largest absolute Gasteiger partial charge is 0.481 e. The summed E-state index contributed by atoms with van der Waals surface area (Å²) in [7, 11) is 0. The third-order valence-electron chi connectivity index (χ3n) is 3.19. The third-order valence-corrected chi connectivity index (χ3v) is 3.19. The molecule has 0 unspecified atom stereocenters. The number of benzene rings is 1. The first kappa shape index (κ1) is 18.6. The van der Waals surface area contributed by atoms with Gasteiger partial charge in [-0.2, -0.15) is 0 Å². The van der Waals surface area contributed by atoms with Crippen LogP contribution in [0.5, 0.6) is 0 Å². The SMILES string of the molecule is NC=O.NC=O.O=C(O)C1(c2ccccc2)CCNCC1. The summed E-state index contributed by atoms with van der Waals surface area (Å²) >= 11 is 0. The van der Waals surface area contributed by atoms with Crippen LogP contribution in [0.25, 0.3) is 0 Å². The Morgan fingerprint density at radius 2 is 1.52 bits per heavy atom. The van der Waals surface area contributed by atoms with Gasteiger partial charge in [0.1, 0.15) is 0 Å². The highest BCUT2D eigenvalue weighted by Gasteiger charge is 2.40. The molecular formula is C14H21N3O4. The number of nitrogens with two attached hydrogens (primary N) is 2. The van der Waals surface area contributed by atoms with Crippen LogP contribution >= 0.6 is 0 Å². The smallest absolute Gasteiger partial charge is 0.314 e. The van der Waals surface area contributed by atoms with Crippen LogP contribution in [-0.4, -0.2) is 37.0 Å². The summed E-state index contributed by atoms with van der Waals surface area (Å²) in [5.74, 6) is -0.699. The number of rotatable bonds is 2. The molecule has 1 saturated heterocycles. The topological polar surface area (TPSA) is 136 Å². The summed E-state index contributed by atoms with van der Waals surface area (Å²) in [6, 6.07) is 9.56. The zero-order valence-electron chi connectivity index (χ0n) is 11.7. The Morgan fingerprint density at radius 3 is 1.90 bits per heavy atom. The number of piperidine rings is 1. The average Bonchev–Trinajstić information content (AvgIpc) is 2.50. The lowest BCUT2D eigenvalue weighted by atomic mass is 9.73. The second kappa shape index (κ2) is 10.4. The molecule has 116 valence electrons. The summed E-state index contributed by atoms with van der Waals surface area (Å²) < 4.78 is 0. The second-order valence-electron chi connectivity index (χ2n) is 4.28. The molecule has 0 spiro atoms. The Bertz CT molecular complexity index is 425. The van der Waals surface area contributed by atoms with Gasteiger partial charge in [-0.1, -0.05) is 30.3 Å². The van der Waals surface area contributed by atoms with Gasteiger partial charge in [0.05, 0.1) is 5.41 Å². The maximum Gasteiger partial charge on any atom is 0.314 e. The highest BCUT2D eigenvalue weighted by molar-refractivity contribution is 5.81. The lowest BCUT2D eigenvalue weighted by Crippen LogP contribution is -2.45. The van der Waals surface area contributed by atoms with Crippen LogP contribution in [0.4, 0.5) is 0 Å². The fourth-order valence-electron chi connectivity index (χ4n) is 2.24. The molecule has 0 atom stereocenters. The molecule has 0 radical (unpaired) electrons. The summed E-state index contributed by atoms with van der Waals surface area (Å²) in [6.07, 6.45) is 1.85. The molecule has 21 heavy (non-hydrogen) atoms. The molecule has 1 fully saturated rings. The number of carbonyl (C=O) groups excluding carboxylic acids is 2. The lowest BCUT2D eigenvalue weighted by Gasteiger charge is -2.34. The predicted octanol–water partition coefficient (Wildman–Crippen LogP) is -0.405. The number of aliphatic carboxylic acids is 1. The molecule has 1 aliphatic rings. The quantitative estimate of drug-likeness (QED) is 0.550. The number of hydrogen-bond acceptors (Lipinski definition) is 4. The van der Waals surface area contributed by atoms with E-state index in [1.807, 2.05) is 30.3 Å². The van der Waals surface area contributed by atoms with Crippen molar-refractivity contribution in [2.24, 2.45) is 11.5 Å². The van der Waals surface area contributed by atoms with Gasteiger partial charge in [0.15, 0.2) is 0 Å². The zero-order valence-corrected chi connectivity index (χ0v) is 11.7. The van der Waals surface area contributed by atoms with Crippen molar-refractivity contribution >= 4 is 18.8 Å². The van der Waals surface area contributed by atoms with E-state index in [1.54, 1.807) is 0 Å². The average molecular weight is 295 g/mol. The monoisotopic (exact) mass is 295 g/mol. The maximum atomic E-state index is 11.4. The van der Waals surface area contributed by atoms with E-state index in [2.05, 4.69) is 16.8 Å². The molecule has 1 heterocycles. The van der Waals surface area contributed by atoms with Crippen molar-refractivity contribution < 1.29 is 19.5 Å². The van der Waals surface area contributed by atoms with Gasteiger partial charge in [-0.05, 0) is 31.5 Å². The summed E-state index contributed by atoms with van der Waals surface area (Å²) in [4.78, 5) is 28.6. The summed E-state index contributed by atoms with van der Waals surface area (Å²) in [6.45, 7) is 1.56. The Kier molecular flexibility index (Phi) is 9.19. The van der Waals surface area contributed by atoms with Gasteiger partial charge >= 0.3 is 5.97 Å². The van der Waals surface area contributed by atoms with Crippen LogP contribution in [0.15, 0.2) is 30.3 Å². The van der Waals surface area contributed by atoms with E-state index in [1.165, 1.54) is 0 Å². The zero-order chi connectivity index (χ0) is 16.1. The Hall–Kier alpha value is -2.41. The second-order valence-corrected chi connectivity index (χ2v) is 4.28. The molecule has 7 heteroatoms. The van der Waals surface area contributed by atoms with Crippen molar-refractivity contribution in [1.29, 1.82) is 0 Å². The number of carbonyl (C=O) groups is 3. The Labute approximate surface area is 123 Å². The molecular weight excluding hydrogens is 274 g/mol. The van der Waals surface area contributed by atoms with E-state index in [-0.39, 0.29) is 12.8 Å². The summed E-state index contributed by atoms with van der Waals surface area (Å²) in [5, 5.41) is 12.6. The summed E-state index contributed by atoms with van der Waals surface area (Å²) in [5.41, 5.74) is 8.59. The first-order valence-electron chi connectivity index (χ1n) is 6.39. The van der Waals surface area contributed by atoms with Gasteiger partial charge in [0, 0.05) is 0 Å². The molecule has 1 aromatic rings. The normalized spacial score (nSPS) is 15.2. The van der Waals surface area contributed by atoms with E-state index < -0.39 is 11.4 Å². The number of carboxylic acid groups (broad SMARTS) is 1. The van der Waals surface area contributed by atoms with E-state index in [0.29, 0.717) is 12.8 Å². The van der Waals surface area contributed by atoms with Gasteiger partial charge < -0.3 is 21.9 Å². The minimum atomic E-state index is -0.699. The molecule has 7 nitrogen and oxygen atoms in total. The first-order chi connectivity index (χ1) is 10.1. The van der Waals surface area contributed by atoms with Gasteiger partial charge in [-0.15, -0.1) is 0 Å². The molecule has 1 aliphatic heterocycles. The molecule has 0 aromatic heterocycles. The van der Waals surface area contributed by atoms with E-state index in [0.717, 1.165) is 18.7 Å². The van der Waals surface area contributed by atoms with E-state index in [9.17, 15) is 9.90 Å². The maximum absolute atomic E-state index is 11.4. The van der Waals surface area contributed by atoms with Crippen LogP contribution in [-0.2, 0) is 19.8 Å².